The van der Waals surface area contributed by atoms with Crippen LogP contribution >= 0.6 is 28.1 Å². The van der Waals surface area contributed by atoms with Crippen molar-refractivity contribution in [1.82, 2.24) is 4.98 Å². The highest BCUT2D eigenvalue weighted by Gasteiger charge is 2.21. The van der Waals surface area contributed by atoms with E-state index in [4.69, 9.17) is 21.7 Å². The van der Waals surface area contributed by atoms with Crippen LogP contribution in [0, 0.1) is 0 Å². The van der Waals surface area contributed by atoms with Crippen molar-refractivity contribution in [3.63, 3.8) is 0 Å². The molecule has 0 N–H and O–H groups in total. The molecule has 0 bridgehead atoms. The van der Waals surface area contributed by atoms with Gasteiger partial charge in [-0.15, -0.1) is 0 Å². The summed E-state index contributed by atoms with van der Waals surface area (Å²) in [6, 6.07) is 11.4. The fourth-order valence-electron chi connectivity index (χ4n) is 2.13. The molecule has 0 unspecified atom stereocenters. The molecule has 0 saturated carbocycles. The van der Waals surface area contributed by atoms with E-state index in [1.165, 1.54) is 0 Å². The fraction of sp³-hybridized carbons (Fsp3) is 0.333. The molecular weight excluding hydrogens is 388 g/mol. The normalized spacial score (nSPS) is 11.1. The molecule has 0 aliphatic rings. The topological polar surface area (TPSA) is 34.6 Å². The van der Waals surface area contributed by atoms with E-state index in [0.29, 0.717) is 22.6 Å². The first kappa shape index (κ1) is 18.7. The summed E-state index contributed by atoms with van der Waals surface area (Å²) in [5.74, 6) is 1.86. The van der Waals surface area contributed by atoms with Gasteiger partial charge in [0.2, 0.25) is 5.88 Å². The molecule has 0 amide bonds. The Bertz CT molecular complexity index is 744. The van der Waals surface area contributed by atoms with E-state index >= 15 is 0 Å². The number of hydrogen-bond acceptors (Lipinski definition) is 4. The Morgan fingerprint density at radius 3 is 2.46 bits per heavy atom. The number of nitrogens with zero attached hydrogens (tertiary/aromatic N) is 2. The second-order valence-corrected chi connectivity index (χ2v) is 7.48. The van der Waals surface area contributed by atoms with Gasteiger partial charge in [-0.1, -0.05) is 39.0 Å². The molecule has 0 fully saturated rings. The van der Waals surface area contributed by atoms with Crippen LogP contribution < -0.4 is 14.4 Å². The van der Waals surface area contributed by atoms with Crippen molar-refractivity contribution in [2.75, 3.05) is 19.1 Å². The van der Waals surface area contributed by atoms with Gasteiger partial charge in [0.1, 0.15) is 11.6 Å². The highest BCUT2D eigenvalue weighted by Crippen LogP contribution is 2.36. The largest absolute Gasteiger partial charge is 0.481 e. The number of anilines is 1. The first-order valence-corrected chi connectivity index (χ1v) is 8.69. The Labute approximate surface area is 156 Å². The summed E-state index contributed by atoms with van der Waals surface area (Å²) in [6.45, 7) is 6.46. The Morgan fingerprint density at radius 2 is 1.83 bits per heavy atom. The number of hydrogen-bond donors (Lipinski definition) is 0. The Hall–Kier alpha value is -1.66. The molecule has 24 heavy (non-hydrogen) atoms. The predicted molar refractivity (Wildman–Crippen MR) is 105 cm³/mol. The minimum atomic E-state index is 0.0000754. The van der Waals surface area contributed by atoms with Crippen LogP contribution in [-0.4, -0.2) is 24.3 Å². The maximum absolute atomic E-state index is 5.90. The number of rotatable bonds is 3. The molecule has 0 spiro atoms. The molecule has 0 atom stereocenters. The maximum Gasteiger partial charge on any atom is 0.270 e. The molecule has 1 aromatic carbocycles. The fourth-order valence-corrected chi connectivity index (χ4v) is 3.25. The van der Waals surface area contributed by atoms with Gasteiger partial charge in [0.15, 0.2) is 0 Å². The molecule has 128 valence electrons. The quantitative estimate of drug-likeness (QED) is 0.671. The standard InChI is InChI=1S/C18H21BrN2O2S/c1-18(2,3)12-8-6-9-13(16(12)19)23-17(24)21(4)14-10-7-11-15(20-14)22-5/h6-11H,1-5H3. The first-order chi connectivity index (χ1) is 11.2. The van der Waals surface area contributed by atoms with E-state index in [2.05, 4.69) is 47.8 Å². The number of ether oxygens (including phenoxy) is 2. The minimum Gasteiger partial charge on any atom is -0.481 e. The zero-order chi connectivity index (χ0) is 17.9. The molecule has 2 aromatic rings. The minimum absolute atomic E-state index is 0.0000754. The van der Waals surface area contributed by atoms with Gasteiger partial charge >= 0.3 is 0 Å². The van der Waals surface area contributed by atoms with Crippen LogP contribution in [0.2, 0.25) is 0 Å². The highest BCUT2D eigenvalue weighted by atomic mass is 79.9. The van der Waals surface area contributed by atoms with E-state index < -0.39 is 0 Å². The number of aromatic nitrogens is 1. The highest BCUT2D eigenvalue weighted by molar-refractivity contribution is 9.10. The second-order valence-electron chi connectivity index (χ2n) is 6.33. The summed E-state index contributed by atoms with van der Waals surface area (Å²) in [5.41, 5.74) is 1.16. The number of methoxy groups -OCH3 is 1. The van der Waals surface area contributed by atoms with Crippen molar-refractivity contribution in [1.29, 1.82) is 0 Å². The van der Waals surface area contributed by atoms with Crippen LogP contribution in [0.15, 0.2) is 40.9 Å². The van der Waals surface area contributed by atoms with Gasteiger partial charge < -0.3 is 9.47 Å². The summed E-state index contributed by atoms with van der Waals surface area (Å²) in [7, 11) is 3.39. The van der Waals surface area contributed by atoms with Gasteiger partial charge in [-0.2, -0.15) is 4.98 Å². The summed E-state index contributed by atoms with van der Waals surface area (Å²) < 4.78 is 12.0. The van der Waals surface area contributed by atoms with Crippen LogP contribution in [0.4, 0.5) is 5.82 Å². The molecule has 0 radical (unpaired) electrons. The number of thiocarbonyl (C=S) groups is 1. The molecule has 0 aliphatic carbocycles. The number of benzene rings is 1. The monoisotopic (exact) mass is 408 g/mol. The third-order valence-corrected chi connectivity index (χ3v) is 4.68. The van der Waals surface area contributed by atoms with Gasteiger partial charge in [0.25, 0.3) is 5.17 Å². The molecule has 0 aliphatic heterocycles. The SMILES string of the molecule is COc1cccc(N(C)C(=S)Oc2cccc(C(C)(C)C)c2Br)n1. The Kier molecular flexibility index (Phi) is 5.83. The molecule has 1 heterocycles. The van der Waals surface area contributed by atoms with Crippen molar-refractivity contribution in [2.24, 2.45) is 0 Å². The van der Waals surface area contributed by atoms with E-state index in [1.54, 1.807) is 18.1 Å². The van der Waals surface area contributed by atoms with Crippen molar-refractivity contribution < 1.29 is 9.47 Å². The van der Waals surface area contributed by atoms with Gasteiger partial charge in [-0.25, -0.2) is 0 Å². The lowest BCUT2D eigenvalue weighted by Crippen LogP contribution is -2.30. The van der Waals surface area contributed by atoms with Gasteiger partial charge in [0.05, 0.1) is 11.6 Å². The summed E-state index contributed by atoms with van der Waals surface area (Å²) in [5, 5.41) is 0.308. The van der Waals surface area contributed by atoms with E-state index in [9.17, 15) is 0 Å². The molecule has 1 aromatic heterocycles. The smallest absolute Gasteiger partial charge is 0.270 e. The van der Waals surface area contributed by atoms with Crippen LogP contribution in [0.3, 0.4) is 0 Å². The molecule has 0 saturated heterocycles. The van der Waals surface area contributed by atoms with Crippen molar-refractivity contribution in [3.05, 3.63) is 46.4 Å². The zero-order valence-corrected chi connectivity index (χ0v) is 16.9. The van der Waals surface area contributed by atoms with Crippen molar-refractivity contribution >= 4 is 39.1 Å². The van der Waals surface area contributed by atoms with E-state index in [1.807, 2.05) is 31.3 Å². The molecule has 2 rings (SSSR count). The van der Waals surface area contributed by atoms with Crippen LogP contribution in [0.25, 0.3) is 0 Å². The molecule has 6 heteroatoms. The molecule has 4 nitrogen and oxygen atoms in total. The van der Waals surface area contributed by atoms with Gasteiger partial charge in [-0.05, 0) is 51.3 Å². The Balaban J connectivity index is 2.23. The second kappa shape index (κ2) is 7.49. The van der Waals surface area contributed by atoms with E-state index in [0.717, 1.165) is 10.0 Å². The third kappa shape index (κ3) is 4.24. The van der Waals surface area contributed by atoms with Crippen LogP contribution in [0.1, 0.15) is 26.3 Å². The van der Waals surface area contributed by atoms with Crippen molar-refractivity contribution in [2.45, 2.75) is 26.2 Å². The zero-order valence-electron chi connectivity index (χ0n) is 14.5. The lowest BCUT2D eigenvalue weighted by molar-refractivity contribution is 0.398. The number of pyridine rings is 1. The van der Waals surface area contributed by atoms with Crippen LogP contribution in [-0.2, 0) is 5.41 Å². The average molecular weight is 409 g/mol. The molecular formula is C18H21BrN2O2S. The van der Waals surface area contributed by atoms with Crippen molar-refractivity contribution in [3.8, 4) is 11.6 Å². The summed E-state index contributed by atoms with van der Waals surface area (Å²) >= 11 is 9.05. The third-order valence-electron chi connectivity index (χ3n) is 3.50. The summed E-state index contributed by atoms with van der Waals surface area (Å²) in [4.78, 5) is 6.06. The maximum atomic E-state index is 5.90. The lowest BCUT2D eigenvalue weighted by Gasteiger charge is -2.24. The first-order valence-electron chi connectivity index (χ1n) is 7.49. The Morgan fingerprint density at radius 1 is 1.17 bits per heavy atom. The van der Waals surface area contributed by atoms with Crippen LogP contribution in [0.5, 0.6) is 11.6 Å². The predicted octanol–water partition coefficient (Wildman–Crippen LogP) is 4.95. The van der Waals surface area contributed by atoms with E-state index in [-0.39, 0.29) is 5.41 Å². The number of halogens is 1. The lowest BCUT2D eigenvalue weighted by atomic mass is 9.87. The van der Waals surface area contributed by atoms with Gasteiger partial charge in [-0.3, -0.25) is 4.90 Å². The summed E-state index contributed by atoms with van der Waals surface area (Å²) in [6.07, 6.45) is 0. The average Bonchev–Trinajstić information content (AvgIpc) is 2.55. The van der Waals surface area contributed by atoms with Gasteiger partial charge in [0, 0.05) is 13.1 Å².